The van der Waals surface area contributed by atoms with Crippen molar-refractivity contribution in [2.24, 2.45) is 17.1 Å². The summed E-state index contributed by atoms with van der Waals surface area (Å²) in [6.45, 7) is 14.1. The zero-order valence-corrected chi connectivity index (χ0v) is 15.5. The molecule has 130 valence electrons. The van der Waals surface area contributed by atoms with Gasteiger partial charge in [0.25, 0.3) is 0 Å². The zero-order valence-electron chi connectivity index (χ0n) is 15.5. The van der Waals surface area contributed by atoms with E-state index >= 15 is 0 Å². The number of nitriles is 1. The monoisotopic (exact) mass is 321 g/mol. The maximum absolute atomic E-state index is 12.6. The second-order valence-electron chi connectivity index (χ2n) is 7.43. The lowest BCUT2D eigenvalue weighted by Gasteiger charge is -2.34. The van der Waals surface area contributed by atoms with Crippen molar-refractivity contribution in [2.45, 2.75) is 60.5 Å². The SMILES string of the molecule is CCC(C)(C)CN(C(=O)OC(C)(C)C)/C(C)=C/C(C#N)C=CN. The fourth-order valence-corrected chi connectivity index (χ4v) is 1.80. The largest absolute Gasteiger partial charge is 0.443 e. The van der Waals surface area contributed by atoms with Gasteiger partial charge in [-0.1, -0.05) is 20.8 Å². The van der Waals surface area contributed by atoms with Crippen molar-refractivity contribution in [1.82, 2.24) is 4.90 Å². The molecule has 0 rings (SSSR count). The number of ether oxygens (including phenoxy) is 1. The summed E-state index contributed by atoms with van der Waals surface area (Å²) in [5, 5.41) is 9.16. The number of hydrogen-bond acceptors (Lipinski definition) is 4. The average molecular weight is 321 g/mol. The fraction of sp³-hybridized carbons (Fsp3) is 0.667. The molecule has 5 heteroatoms. The summed E-state index contributed by atoms with van der Waals surface area (Å²) in [5.41, 5.74) is 5.41. The highest BCUT2D eigenvalue weighted by Crippen LogP contribution is 2.25. The number of nitrogens with two attached hydrogens (primary N) is 1. The third-order valence-corrected chi connectivity index (χ3v) is 3.47. The van der Waals surface area contributed by atoms with Crippen LogP contribution in [0.25, 0.3) is 0 Å². The minimum atomic E-state index is -0.572. The first kappa shape index (κ1) is 21.0. The molecule has 1 amide bonds. The quantitative estimate of drug-likeness (QED) is 0.796. The Hall–Kier alpha value is -1.96. The molecule has 0 radical (unpaired) electrons. The zero-order chi connectivity index (χ0) is 18.3. The number of carbonyl (C=O) groups excluding carboxylic acids is 1. The molecule has 0 aliphatic rings. The van der Waals surface area contributed by atoms with Gasteiger partial charge in [0.05, 0.1) is 12.0 Å². The summed E-state index contributed by atoms with van der Waals surface area (Å²) in [5.74, 6) is -0.477. The van der Waals surface area contributed by atoms with Gasteiger partial charge in [-0.15, -0.1) is 0 Å². The Balaban J connectivity index is 5.54. The number of rotatable bonds is 6. The number of nitrogens with zero attached hydrogens (tertiary/aromatic N) is 2. The highest BCUT2D eigenvalue weighted by Gasteiger charge is 2.28. The fourth-order valence-electron chi connectivity index (χ4n) is 1.80. The van der Waals surface area contributed by atoms with Crippen LogP contribution in [-0.2, 0) is 4.74 Å². The minimum Gasteiger partial charge on any atom is -0.443 e. The van der Waals surface area contributed by atoms with Crippen LogP contribution in [0.5, 0.6) is 0 Å². The molecule has 0 aromatic heterocycles. The van der Waals surface area contributed by atoms with Crippen LogP contribution in [0.2, 0.25) is 0 Å². The molecular formula is C18H31N3O2. The lowest BCUT2D eigenvalue weighted by atomic mass is 9.89. The third kappa shape index (κ3) is 8.29. The van der Waals surface area contributed by atoms with Gasteiger partial charge < -0.3 is 10.5 Å². The number of allylic oxidation sites excluding steroid dienone is 3. The minimum absolute atomic E-state index is 0.0577. The first-order chi connectivity index (χ1) is 10.5. The van der Waals surface area contributed by atoms with Crippen molar-refractivity contribution < 1.29 is 9.53 Å². The van der Waals surface area contributed by atoms with Gasteiger partial charge in [-0.25, -0.2) is 4.79 Å². The summed E-state index contributed by atoms with van der Waals surface area (Å²) < 4.78 is 5.51. The highest BCUT2D eigenvalue weighted by atomic mass is 16.6. The summed E-state index contributed by atoms with van der Waals surface area (Å²) in [4.78, 5) is 14.2. The lowest BCUT2D eigenvalue weighted by Crippen LogP contribution is -2.41. The normalized spacial score (nSPS) is 14.4. The molecular weight excluding hydrogens is 290 g/mol. The average Bonchev–Trinajstić information content (AvgIpc) is 2.42. The van der Waals surface area contributed by atoms with Crippen molar-refractivity contribution in [3.8, 4) is 6.07 Å². The van der Waals surface area contributed by atoms with Crippen molar-refractivity contribution in [3.63, 3.8) is 0 Å². The molecule has 1 unspecified atom stereocenters. The first-order valence-corrected chi connectivity index (χ1v) is 7.92. The Kier molecular flexibility index (Phi) is 7.88. The molecule has 0 saturated carbocycles. The Morgan fingerprint density at radius 2 is 1.91 bits per heavy atom. The summed E-state index contributed by atoms with van der Waals surface area (Å²) in [6.07, 6.45) is 5.16. The third-order valence-electron chi connectivity index (χ3n) is 3.47. The van der Waals surface area contributed by atoms with Crippen molar-refractivity contribution in [3.05, 3.63) is 24.0 Å². The van der Waals surface area contributed by atoms with Crippen LogP contribution in [0.4, 0.5) is 4.79 Å². The molecule has 0 aromatic rings. The molecule has 0 saturated heterocycles. The van der Waals surface area contributed by atoms with Crippen LogP contribution < -0.4 is 5.73 Å². The van der Waals surface area contributed by atoms with E-state index in [1.165, 1.54) is 6.20 Å². The van der Waals surface area contributed by atoms with Crippen LogP contribution in [0.1, 0.15) is 54.9 Å². The Bertz CT molecular complexity index is 493. The van der Waals surface area contributed by atoms with Crippen LogP contribution in [0.15, 0.2) is 24.0 Å². The molecule has 0 aliphatic heterocycles. The van der Waals surface area contributed by atoms with Crippen LogP contribution in [-0.4, -0.2) is 23.1 Å². The van der Waals surface area contributed by atoms with E-state index < -0.39 is 17.6 Å². The van der Waals surface area contributed by atoms with E-state index in [0.717, 1.165) is 6.42 Å². The van der Waals surface area contributed by atoms with Gasteiger partial charge in [0.15, 0.2) is 0 Å². The van der Waals surface area contributed by atoms with Crippen LogP contribution in [0.3, 0.4) is 0 Å². The van der Waals surface area contributed by atoms with E-state index in [9.17, 15) is 4.79 Å². The Morgan fingerprint density at radius 1 is 1.35 bits per heavy atom. The smallest absolute Gasteiger partial charge is 0.414 e. The molecule has 0 aliphatic carbocycles. The number of amides is 1. The van der Waals surface area contributed by atoms with E-state index in [0.29, 0.717) is 12.2 Å². The van der Waals surface area contributed by atoms with Gasteiger partial charge in [-0.3, -0.25) is 4.90 Å². The molecule has 2 N–H and O–H groups in total. The molecule has 23 heavy (non-hydrogen) atoms. The molecule has 0 bridgehead atoms. The Morgan fingerprint density at radius 3 is 2.30 bits per heavy atom. The molecule has 0 spiro atoms. The first-order valence-electron chi connectivity index (χ1n) is 7.92. The second kappa shape index (κ2) is 8.61. The summed E-state index contributed by atoms with van der Waals surface area (Å²) in [6, 6.07) is 2.13. The summed E-state index contributed by atoms with van der Waals surface area (Å²) >= 11 is 0. The molecule has 5 nitrogen and oxygen atoms in total. The van der Waals surface area contributed by atoms with Crippen molar-refractivity contribution >= 4 is 6.09 Å². The molecule has 0 fully saturated rings. The van der Waals surface area contributed by atoms with E-state index in [-0.39, 0.29) is 5.41 Å². The van der Waals surface area contributed by atoms with Crippen LogP contribution in [0, 0.1) is 22.7 Å². The number of hydrogen-bond donors (Lipinski definition) is 1. The van der Waals surface area contributed by atoms with Crippen molar-refractivity contribution in [1.29, 1.82) is 5.26 Å². The lowest BCUT2D eigenvalue weighted by molar-refractivity contribution is 0.0251. The van der Waals surface area contributed by atoms with Gasteiger partial charge in [0.1, 0.15) is 5.60 Å². The van der Waals surface area contributed by atoms with E-state index in [4.69, 9.17) is 15.7 Å². The van der Waals surface area contributed by atoms with Gasteiger partial charge in [0, 0.05) is 12.2 Å². The van der Waals surface area contributed by atoms with E-state index in [1.807, 2.05) is 27.7 Å². The van der Waals surface area contributed by atoms with Gasteiger partial charge in [-0.05, 0) is 57.9 Å². The van der Waals surface area contributed by atoms with Crippen LogP contribution >= 0.6 is 0 Å². The van der Waals surface area contributed by atoms with Gasteiger partial charge in [-0.2, -0.15) is 5.26 Å². The predicted molar refractivity (Wildman–Crippen MR) is 93.2 cm³/mol. The molecule has 0 heterocycles. The Labute approximate surface area is 140 Å². The maximum Gasteiger partial charge on any atom is 0.414 e. The molecule has 1 atom stereocenters. The standard InChI is InChI=1S/C18H31N3O2/c1-8-18(6,7)13-21(16(22)23-17(3,4)5)14(2)11-15(12-20)9-10-19/h9-11,15H,8,13,19H2,1-7H3/b10-9?,14-11+. The van der Waals surface area contributed by atoms with Crippen molar-refractivity contribution in [2.75, 3.05) is 6.54 Å². The predicted octanol–water partition coefficient (Wildman–Crippen LogP) is 4.18. The van der Waals surface area contributed by atoms with E-state index in [1.54, 1.807) is 17.1 Å². The highest BCUT2D eigenvalue weighted by molar-refractivity contribution is 5.70. The van der Waals surface area contributed by atoms with E-state index in [2.05, 4.69) is 26.8 Å². The number of carbonyl (C=O) groups is 1. The maximum atomic E-state index is 12.6. The summed E-state index contributed by atoms with van der Waals surface area (Å²) in [7, 11) is 0. The van der Waals surface area contributed by atoms with Gasteiger partial charge in [0.2, 0.25) is 0 Å². The topological polar surface area (TPSA) is 79.3 Å². The molecule has 0 aromatic carbocycles. The second-order valence-corrected chi connectivity index (χ2v) is 7.43. The van der Waals surface area contributed by atoms with Gasteiger partial charge >= 0.3 is 6.09 Å².